The van der Waals surface area contributed by atoms with E-state index in [2.05, 4.69) is 5.32 Å². The van der Waals surface area contributed by atoms with Crippen LogP contribution >= 0.6 is 11.6 Å². The fourth-order valence-corrected chi connectivity index (χ4v) is 2.21. The second kappa shape index (κ2) is 5.38. The minimum absolute atomic E-state index is 0.00225. The predicted molar refractivity (Wildman–Crippen MR) is 66.5 cm³/mol. The molecular weight excluding hydrogens is 240 g/mol. The first-order chi connectivity index (χ1) is 8.16. The summed E-state index contributed by atoms with van der Waals surface area (Å²) < 4.78 is 0. The molecule has 17 heavy (non-hydrogen) atoms. The number of benzene rings is 1. The molecule has 1 aromatic carbocycles. The van der Waals surface area contributed by atoms with Gasteiger partial charge < -0.3 is 15.3 Å². The van der Waals surface area contributed by atoms with Gasteiger partial charge >= 0.3 is 6.09 Å². The monoisotopic (exact) mass is 254 g/mol. The Morgan fingerprint density at radius 3 is 2.82 bits per heavy atom. The molecule has 1 atom stereocenters. The molecule has 2 N–H and O–H groups in total. The maximum atomic E-state index is 11.1. The summed E-state index contributed by atoms with van der Waals surface area (Å²) in [5.41, 5.74) is 1.11. The van der Waals surface area contributed by atoms with E-state index in [0.717, 1.165) is 18.5 Å². The Morgan fingerprint density at radius 1 is 1.47 bits per heavy atom. The van der Waals surface area contributed by atoms with Crippen molar-refractivity contribution in [2.24, 2.45) is 0 Å². The molecule has 2 rings (SSSR count). The Balaban J connectivity index is 2.05. The highest BCUT2D eigenvalue weighted by Gasteiger charge is 2.25. The van der Waals surface area contributed by atoms with Crippen molar-refractivity contribution in [2.75, 3.05) is 19.6 Å². The Hall–Kier alpha value is -1.26. The molecule has 1 fully saturated rings. The summed E-state index contributed by atoms with van der Waals surface area (Å²) in [6.07, 6.45) is -0.123. The molecule has 1 saturated heterocycles. The highest BCUT2D eigenvalue weighted by Crippen LogP contribution is 2.14. The van der Waals surface area contributed by atoms with E-state index in [0.29, 0.717) is 18.1 Å². The van der Waals surface area contributed by atoms with Crippen LogP contribution in [0.3, 0.4) is 0 Å². The third-order valence-corrected chi connectivity index (χ3v) is 3.23. The number of hydrogen-bond acceptors (Lipinski definition) is 2. The van der Waals surface area contributed by atoms with Crippen molar-refractivity contribution < 1.29 is 9.90 Å². The van der Waals surface area contributed by atoms with Crippen molar-refractivity contribution in [2.45, 2.75) is 12.5 Å². The summed E-state index contributed by atoms with van der Waals surface area (Å²) >= 11 is 5.82. The van der Waals surface area contributed by atoms with E-state index < -0.39 is 6.09 Å². The quantitative estimate of drug-likeness (QED) is 0.847. The van der Waals surface area contributed by atoms with Crippen LogP contribution in [0.4, 0.5) is 4.79 Å². The Kier molecular flexibility index (Phi) is 3.86. The normalized spacial score (nSPS) is 20.3. The molecule has 0 radical (unpaired) electrons. The van der Waals surface area contributed by atoms with Crippen molar-refractivity contribution in [1.29, 1.82) is 0 Å². The van der Waals surface area contributed by atoms with Gasteiger partial charge in [0.1, 0.15) is 0 Å². The van der Waals surface area contributed by atoms with Crippen LogP contribution < -0.4 is 5.32 Å². The largest absolute Gasteiger partial charge is 0.465 e. The van der Waals surface area contributed by atoms with Crippen LogP contribution in [0.5, 0.6) is 0 Å². The van der Waals surface area contributed by atoms with Crippen LogP contribution in [-0.2, 0) is 6.42 Å². The molecule has 1 amide bonds. The standard InChI is InChI=1S/C12H15ClN2O2/c13-10-3-1-9(2-4-10)7-11-8-14-5-6-15(11)12(16)17/h1-4,11,14H,5-8H2,(H,16,17). The lowest BCUT2D eigenvalue weighted by atomic mass is 10.0. The van der Waals surface area contributed by atoms with E-state index in [9.17, 15) is 4.79 Å². The predicted octanol–water partition coefficient (Wildman–Crippen LogP) is 1.83. The molecule has 1 unspecified atom stereocenters. The first-order valence-corrected chi connectivity index (χ1v) is 5.99. The second-order valence-corrected chi connectivity index (χ2v) is 4.60. The molecule has 92 valence electrons. The molecule has 4 nitrogen and oxygen atoms in total. The van der Waals surface area contributed by atoms with Gasteiger partial charge in [0.2, 0.25) is 0 Å². The summed E-state index contributed by atoms with van der Waals surface area (Å²) in [6, 6.07) is 7.55. The Bertz CT molecular complexity index is 394. The summed E-state index contributed by atoms with van der Waals surface area (Å²) in [7, 11) is 0. The van der Waals surface area contributed by atoms with Crippen LogP contribution in [0.15, 0.2) is 24.3 Å². The van der Waals surface area contributed by atoms with E-state index in [1.54, 1.807) is 0 Å². The molecule has 0 aromatic heterocycles. The summed E-state index contributed by atoms with van der Waals surface area (Å²) in [6.45, 7) is 1.98. The second-order valence-electron chi connectivity index (χ2n) is 4.16. The lowest BCUT2D eigenvalue weighted by Crippen LogP contribution is -2.54. The molecule has 5 heteroatoms. The fourth-order valence-electron chi connectivity index (χ4n) is 2.09. The zero-order valence-electron chi connectivity index (χ0n) is 9.40. The fraction of sp³-hybridized carbons (Fsp3) is 0.417. The highest BCUT2D eigenvalue weighted by atomic mass is 35.5. The smallest absolute Gasteiger partial charge is 0.407 e. The number of hydrogen-bond donors (Lipinski definition) is 2. The first kappa shape index (κ1) is 12.2. The number of amides is 1. The average Bonchev–Trinajstić information content (AvgIpc) is 2.32. The van der Waals surface area contributed by atoms with Crippen LogP contribution in [0, 0.1) is 0 Å². The number of nitrogens with zero attached hydrogens (tertiary/aromatic N) is 1. The summed E-state index contributed by atoms with van der Waals surface area (Å²) in [5.74, 6) is 0. The molecular formula is C12H15ClN2O2. The van der Waals surface area contributed by atoms with Crippen molar-refractivity contribution >= 4 is 17.7 Å². The van der Waals surface area contributed by atoms with Crippen molar-refractivity contribution in [3.05, 3.63) is 34.9 Å². The van der Waals surface area contributed by atoms with Crippen LogP contribution in [0.25, 0.3) is 0 Å². The molecule has 1 aromatic rings. The molecule has 1 aliphatic rings. The number of piperazine rings is 1. The SMILES string of the molecule is O=C(O)N1CCNCC1Cc1ccc(Cl)cc1. The van der Waals surface area contributed by atoms with Crippen molar-refractivity contribution in [1.82, 2.24) is 10.2 Å². The van der Waals surface area contributed by atoms with Crippen molar-refractivity contribution in [3.8, 4) is 0 Å². The molecule has 0 aliphatic carbocycles. The van der Waals surface area contributed by atoms with Gasteiger partial charge in [0.15, 0.2) is 0 Å². The van der Waals surface area contributed by atoms with E-state index in [4.69, 9.17) is 16.7 Å². The maximum Gasteiger partial charge on any atom is 0.407 e. The molecule has 1 aliphatic heterocycles. The van der Waals surface area contributed by atoms with Gasteiger partial charge in [0, 0.05) is 24.7 Å². The van der Waals surface area contributed by atoms with E-state index in [1.165, 1.54) is 4.90 Å². The topological polar surface area (TPSA) is 52.6 Å². The van der Waals surface area contributed by atoms with Crippen LogP contribution in [0.1, 0.15) is 5.56 Å². The summed E-state index contributed by atoms with van der Waals surface area (Å²) in [5, 5.41) is 13.0. The summed E-state index contributed by atoms with van der Waals surface area (Å²) in [4.78, 5) is 12.6. The number of carboxylic acid groups (broad SMARTS) is 1. The van der Waals surface area contributed by atoms with Gasteiger partial charge in [-0.3, -0.25) is 0 Å². The Labute approximate surface area is 105 Å². The van der Waals surface area contributed by atoms with Gasteiger partial charge in [-0.25, -0.2) is 4.79 Å². The lowest BCUT2D eigenvalue weighted by Gasteiger charge is -2.34. The van der Waals surface area contributed by atoms with Gasteiger partial charge in [0.05, 0.1) is 6.04 Å². The van der Waals surface area contributed by atoms with Gasteiger partial charge in [-0.15, -0.1) is 0 Å². The number of carbonyl (C=O) groups is 1. The van der Waals surface area contributed by atoms with Gasteiger partial charge in [0.25, 0.3) is 0 Å². The van der Waals surface area contributed by atoms with Crippen LogP contribution in [0.2, 0.25) is 5.02 Å². The highest BCUT2D eigenvalue weighted by molar-refractivity contribution is 6.30. The van der Waals surface area contributed by atoms with Crippen molar-refractivity contribution in [3.63, 3.8) is 0 Å². The molecule has 0 bridgehead atoms. The maximum absolute atomic E-state index is 11.1. The van der Waals surface area contributed by atoms with E-state index >= 15 is 0 Å². The third-order valence-electron chi connectivity index (χ3n) is 2.98. The molecule has 0 saturated carbocycles. The molecule has 1 heterocycles. The van der Waals surface area contributed by atoms with E-state index in [-0.39, 0.29) is 6.04 Å². The minimum atomic E-state index is -0.842. The zero-order chi connectivity index (χ0) is 12.3. The van der Waals surface area contributed by atoms with Gasteiger partial charge in [-0.1, -0.05) is 23.7 Å². The third kappa shape index (κ3) is 3.11. The number of nitrogens with one attached hydrogen (secondary N) is 1. The first-order valence-electron chi connectivity index (χ1n) is 5.61. The molecule has 0 spiro atoms. The Morgan fingerprint density at radius 2 is 2.18 bits per heavy atom. The lowest BCUT2D eigenvalue weighted by molar-refractivity contribution is 0.112. The minimum Gasteiger partial charge on any atom is -0.465 e. The van der Waals surface area contributed by atoms with Gasteiger partial charge in [-0.05, 0) is 24.1 Å². The number of halogens is 1. The van der Waals surface area contributed by atoms with Crippen LogP contribution in [-0.4, -0.2) is 41.8 Å². The number of rotatable bonds is 2. The zero-order valence-corrected chi connectivity index (χ0v) is 10.2. The van der Waals surface area contributed by atoms with E-state index in [1.807, 2.05) is 24.3 Å². The van der Waals surface area contributed by atoms with Gasteiger partial charge in [-0.2, -0.15) is 0 Å². The average molecular weight is 255 g/mol.